The molecule has 0 bridgehead atoms. The van der Waals surface area contributed by atoms with Crippen molar-refractivity contribution in [2.45, 2.75) is 13.0 Å². The Balaban J connectivity index is 0.00000324. The molecule has 0 heterocycles. The number of hydrogen-bond acceptors (Lipinski definition) is 4. The molecule has 19 heavy (non-hydrogen) atoms. The predicted octanol–water partition coefficient (Wildman–Crippen LogP) is 2.01. The molecule has 0 saturated carbocycles. The third kappa shape index (κ3) is 5.42. The van der Waals surface area contributed by atoms with Crippen LogP contribution >= 0.6 is 24.0 Å². The van der Waals surface area contributed by atoms with Crippen LogP contribution in [0.5, 0.6) is 0 Å². The summed E-state index contributed by atoms with van der Waals surface area (Å²) in [5.41, 5.74) is -0.0215. The van der Waals surface area contributed by atoms with Crippen molar-refractivity contribution in [2.24, 2.45) is 0 Å². The van der Waals surface area contributed by atoms with Crippen molar-refractivity contribution < 1.29 is 9.72 Å². The van der Waals surface area contributed by atoms with E-state index < -0.39 is 4.92 Å². The molecule has 0 aromatic heterocycles. The summed E-state index contributed by atoms with van der Waals surface area (Å²) in [6, 6.07) is 3.91. The lowest BCUT2D eigenvalue weighted by molar-refractivity contribution is -0.384. The molecule has 1 unspecified atom stereocenters. The molecule has 0 aliphatic rings. The lowest BCUT2D eigenvalue weighted by atomic mass is 10.2. The van der Waals surface area contributed by atoms with E-state index in [1.54, 1.807) is 7.05 Å². The molecular formula is C11H15Cl2N3O3. The topological polar surface area (TPSA) is 84.3 Å². The highest BCUT2D eigenvalue weighted by atomic mass is 35.5. The number of amides is 1. The second kappa shape index (κ2) is 7.93. The predicted molar refractivity (Wildman–Crippen MR) is 76.2 cm³/mol. The molecule has 0 radical (unpaired) electrons. The molecule has 2 N–H and O–H groups in total. The Kier molecular flexibility index (Phi) is 7.36. The van der Waals surface area contributed by atoms with E-state index in [0.29, 0.717) is 6.54 Å². The van der Waals surface area contributed by atoms with Gasteiger partial charge in [-0.05, 0) is 20.0 Å². The normalized spacial score (nSPS) is 11.3. The average Bonchev–Trinajstić information content (AvgIpc) is 2.34. The Hall–Kier alpha value is -1.37. The minimum atomic E-state index is -0.584. The number of hydrogen-bond donors (Lipinski definition) is 2. The van der Waals surface area contributed by atoms with Gasteiger partial charge in [0, 0.05) is 35.3 Å². The summed E-state index contributed by atoms with van der Waals surface area (Å²) in [4.78, 5) is 21.8. The van der Waals surface area contributed by atoms with Gasteiger partial charge in [-0.2, -0.15) is 0 Å². The molecule has 0 aliphatic heterocycles. The first-order valence-corrected chi connectivity index (χ1v) is 5.72. The van der Waals surface area contributed by atoms with Crippen LogP contribution in [0.25, 0.3) is 0 Å². The first kappa shape index (κ1) is 17.6. The highest BCUT2D eigenvalue weighted by molar-refractivity contribution is 6.31. The Labute approximate surface area is 122 Å². The smallest absolute Gasteiger partial charge is 0.271 e. The van der Waals surface area contributed by atoms with Crippen molar-refractivity contribution in [3.8, 4) is 0 Å². The summed E-state index contributed by atoms with van der Waals surface area (Å²) < 4.78 is 0. The highest BCUT2D eigenvalue weighted by Gasteiger charge is 2.14. The number of carbonyl (C=O) groups is 1. The zero-order chi connectivity index (χ0) is 13.7. The van der Waals surface area contributed by atoms with E-state index in [9.17, 15) is 14.9 Å². The van der Waals surface area contributed by atoms with E-state index >= 15 is 0 Å². The molecule has 1 amide bonds. The summed E-state index contributed by atoms with van der Waals surface area (Å²) in [5, 5.41) is 16.4. The molecular weight excluding hydrogens is 293 g/mol. The maximum Gasteiger partial charge on any atom is 0.271 e. The molecule has 6 nitrogen and oxygen atoms in total. The van der Waals surface area contributed by atoms with Gasteiger partial charge in [-0.1, -0.05) is 11.6 Å². The third-order valence-electron chi connectivity index (χ3n) is 2.42. The van der Waals surface area contributed by atoms with Gasteiger partial charge in [-0.15, -0.1) is 12.4 Å². The second-order valence-corrected chi connectivity index (χ2v) is 4.29. The van der Waals surface area contributed by atoms with Gasteiger partial charge in [-0.25, -0.2) is 0 Å². The quantitative estimate of drug-likeness (QED) is 0.644. The van der Waals surface area contributed by atoms with E-state index in [-0.39, 0.29) is 40.6 Å². The van der Waals surface area contributed by atoms with Gasteiger partial charge >= 0.3 is 0 Å². The van der Waals surface area contributed by atoms with Crippen LogP contribution in [-0.4, -0.2) is 30.5 Å². The van der Waals surface area contributed by atoms with Crippen molar-refractivity contribution in [1.82, 2.24) is 10.6 Å². The number of nitrogens with zero attached hydrogens (tertiary/aromatic N) is 1. The number of carbonyl (C=O) groups excluding carboxylic acids is 1. The van der Waals surface area contributed by atoms with Gasteiger partial charge in [-0.3, -0.25) is 14.9 Å². The van der Waals surface area contributed by atoms with Crippen LogP contribution in [0.1, 0.15) is 17.3 Å². The molecule has 0 fully saturated rings. The Morgan fingerprint density at radius 1 is 1.47 bits per heavy atom. The standard InChI is InChI=1S/C11H14ClN3O3.ClH/c1-7(13-2)6-14-11(16)8-3-9(12)5-10(4-8)15(17)18;/h3-5,7,13H,6H2,1-2H3,(H,14,16);1H. The van der Waals surface area contributed by atoms with Crippen LogP contribution in [0.4, 0.5) is 5.69 Å². The van der Waals surface area contributed by atoms with Crippen molar-refractivity contribution in [3.63, 3.8) is 0 Å². The van der Waals surface area contributed by atoms with Crippen molar-refractivity contribution >= 4 is 35.6 Å². The molecule has 0 aliphatic carbocycles. The van der Waals surface area contributed by atoms with Gasteiger partial charge in [0.05, 0.1) is 4.92 Å². The minimum absolute atomic E-state index is 0. The first-order valence-electron chi connectivity index (χ1n) is 5.34. The van der Waals surface area contributed by atoms with Gasteiger partial charge in [0.15, 0.2) is 0 Å². The molecule has 1 aromatic carbocycles. The van der Waals surface area contributed by atoms with Gasteiger partial charge < -0.3 is 10.6 Å². The van der Waals surface area contributed by atoms with Crippen LogP contribution < -0.4 is 10.6 Å². The maximum absolute atomic E-state index is 11.8. The van der Waals surface area contributed by atoms with Crippen molar-refractivity contribution in [3.05, 3.63) is 38.9 Å². The average molecular weight is 308 g/mol. The van der Waals surface area contributed by atoms with Crippen LogP contribution in [-0.2, 0) is 0 Å². The molecule has 0 saturated heterocycles. The van der Waals surface area contributed by atoms with Gasteiger partial charge in [0.1, 0.15) is 0 Å². The largest absolute Gasteiger partial charge is 0.350 e. The Morgan fingerprint density at radius 2 is 2.11 bits per heavy atom. The summed E-state index contributed by atoms with van der Waals surface area (Å²) in [6.07, 6.45) is 0. The van der Waals surface area contributed by atoms with Gasteiger partial charge in [0.25, 0.3) is 11.6 Å². The van der Waals surface area contributed by atoms with Gasteiger partial charge in [0.2, 0.25) is 0 Å². The lowest BCUT2D eigenvalue weighted by Crippen LogP contribution is -2.37. The molecule has 1 aromatic rings. The monoisotopic (exact) mass is 307 g/mol. The van der Waals surface area contributed by atoms with Crippen molar-refractivity contribution in [2.75, 3.05) is 13.6 Å². The Bertz CT molecular complexity index is 468. The number of halogens is 2. The number of nitro benzene ring substituents is 1. The van der Waals surface area contributed by atoms with Crippen LogP contribution in [0.15, 0.2) is 18.2 Å². The van der Waals surface area contributed by atoms with E-state index in [4.69, 9.17) is 11.6 Å². The van der Waals surface area contributed by atoms with Crippen molar-refractivity contribution in [1.29, 1.82) is 0 Å². The number of likely N-dealkylation sites (N-methyl/N-ethyl adjacent to an activating group) is 1. The number of rotatable bonds is 5. The molecule has 106 valence electrons. The van der Waals surface area contributed by atoms with E-state index in [2.05, 4.69) is 10.6 Å². The second-order valence-electron chi connectivity index (χ2n) is 3.85. The fraction of sp³-hybridized carbons (Fsp3) is 0.364. The zero-order valence-electron chi connectivity index (χ0n) is 10.5. The summed E-state index contributed by atoms with van der Waals surface area (Å²) >= 11 is 5.73. The maximum atomic E-state index is 11.8. The number of nitro groups is 1. The molecule has 0 spiro atoms. The molecule has 1 rings (SSSR count). The fourth-order valence-electron chi connectivity index (χ4n) is 1.26. The number of non-ortho nitro benzene ring substituents is 1. The number of nitrogens with one attached hydrogen (secondary N) is 2. The molecule has 1 atom stereocenters. The van der Waals surface area contributed by atoms with E-state index in [1.807, 2.05) is 6.92 Å². The summed E-state index contributed by atoms with van der Waals surface area (Å²) in [6.45, 7) is 2.33. The minimum Gasteiger partial charge on any atom is -0.350 e. The van der Waals surface area contributed by atoms with Crippen LogP contribution in [0.2, 0.25) is 5.02 Å². The highest BCUT2D eigenvalue weighted by Crippen LogP contribution is 2.20. The van der Waals surface area contributed by atoms with E-state index in [1.165, 1.54) is 18.2 Å². The number of benzene rings is 1. The van der Waals surface area contributed by atoms with Crippen LogP contribution in [0.3, 0.4) is 0 Å². The fourth-order valence-corrected chi connectivity index (χ4v) is 1.49. The van der Waals surface area contributed by atoms with E-state index in [0.717, 1.165) is 0 Å². The summed E-state index contributed by atoms with van der Waals surface area (Å²) in [5.74, 6) is -0.386. The zero-order valence-corrected chi connectivity index (χ0v) is 12.0. The first-order chi connectivity index (χ1) is 8.43. The summed E-state index contributed by atoms with van der Waals surface area (Å²) in [7, 11) is 1.78. The SMILES string of the molecule is CNC(C)CNC(=O)c1cc(Cl)cc([N+](=O)[O-])c1.Cl. The molecule has 8 heteroatoms. The lowest BCUT2D eigenvalue weighted by Gasteiger charge is -2.11. The third-order valence-corrected chi connectivity index (χ3v) is 2.64. The Morgan fingerprint density at radius 3 is 2.63 bits per heavy atom. The van der Waals surface area contributed by atoms with Crippen LogP contribution in [0, 0.1) is 10.1 Å².